The van der Waals surface area contributed by atoms with Gasteiger partial charge in [-0.05, 0) is 12.5 Å². The predicted octanol–water partition coefficient (Wildman–Crippen LogP) is 1.23. The van der Waals surface area contributed by atoms with E-state index in [9.17, 15) is 8.78 Å². The van der Waals surface area contributed by atoms with Crippen LogP contribution in [0.15, 0.2) is 12.1 Å². The van der Waals surface area contributed by atoms with Crippen LogP contribution in [0.5, 0.6) is 0 Å². The van der Waals surface area contributed by atoms with Crippen LogP contribution in [0, 0.1) is 18.6 Å². The van der Waals surface area contributed by atoms with Gasteiger partial charge in [0.25, 0.3) is 0 Å². The third-order valence-electron chi connectivity index (χ3n) is 1.96. The first kappa shape index (κ1) is 10.1. The Balaban J connectivity index is 3.18. The Morgan fingerprint density at radius 1 is 1.31 bits per heavy atom. The zero-order valence-electron chi connectivity index (χ0n) is 7.35. The largest absolute Gasteiger partial charge is 0.329 e. The van der Waals surface area contributed by atoms with E-state index in [1.165, 1.54) is 19.1 Å². The van der Waals surface area contributed by atoms with Gasteiger partial charge in [0.15, 0.2) is 11.6 Å². The van der Waals surface area contributed by atoms with Crippen molar-refractivity contribution in [3.63, 3.8) is 0 Å². The first-order valence-corrected chi connectivity index (χ1v) is 3.98. The first-order chi connectivity index (χ1) is 6.07. The number of benzene rings is 1. The van der Waals surface area contributed by atoms with Crippen molar-refractivity contribution < 1.29 is 8.78 Å². The molecule has 13 heavy (non-hydrogen) atoms. The van der Waals surface area contributed by atoms with Gasteiger partial charge in [0.2, 0.25) is 0 Å². The standard InChI is InChI=1S/C9H12F2N2/c1-5-2-3-6(7(13)4-12)9(11)8(5)10/h2-3,7H,4,12-13H2,1H3. The minimum atomic E-state index is -0.891. The fraction of sp³-hybridized carbons (Fsp3) is 0.333. The van der Waals surface area contributed by atoms with Crippen molar-refractivity contribution in [3.05, 3.63) is 34.9 Å². The summed E-state index contributed by atoms with van der Waals surface area (Å²) in [5.41, 5.74) is 11.1. The molecule has 1 atom stereocenters. The smallest absolute Gasteiger partial charge is 0.163 e. The van der Waals surface area contributed by atoms with E-state index in [-0.39, 0.29) is 17.7 Å². The highest BCUT2D eigenvalue weighted by Crippen LogP contribution is 2.19. The van der Waals surface area contributed by atoms with Crippen LogP contribution in [-0.4, -0.2) is 6.54 Å². The molecule has 0 saturated carbocycles. The molecule has 1 aromatic carbocycles. The number of hydrogen-bond acceptors (Lipinski definition) is 2. The van der Waals surface area contributed by atoms with Gasteiger partial charge in [-0.15, -0.1) is 0 Å². The summed E-state index contributed by atoms with van der Waals surface area (Å²) < 4.78 is 26.2. The van der Waals surface area contributed by atoms with Gasteiger partial charge in [-0.25, -0.2) is 8.78 Å². The van der Waals surface area contributed by atoms with Gasteiger partial charge in [0.1, 0.15) is 0 Å². The van der Waals surface area contributed by atoms with Crippen LogP contribution < -0.4 is 11.5 Å². The van der Waals surface area contributed by atoms with Gasteiger partial charge in [-0.2, -0.15) is 0 Å². The summed E-state index contributed by atoms with van der Waals surface area (Å²) in [7, 11) is 0. The van der Waals surface area contributed by atoms with Crippen LogP contribution >= 0.6 is 0 Å². The Morgan fingerprint density at radius 3 is 2.46 bits per heavy atom. The van der Waals surface area contributed by atoms with E-state index in [2.05, 4.69) is 0 Å². The predicted molar refractivity (Wildman–Crippen MR) is 47.1 cm³/mol. The molecule has 0 spiro atoms. The van der Waals surface area contributed by atoms with Crippen molar-refractivity contribution in [2.45, 2.75) is 13.0 Å². The lowest BCUT2D eigenvalue weighted by atomic mass is 10.0. The van der Waals surface area contributed by atoms with Gasteiger partial charge in [0, 0.05) is 18.2 Å². The third-order valence-corrected chi connectivity index (χ3v) is 1.96. The van der Waals surface area contributed by atoms with Crippen LogP contribution in [-0.2, 0) is 0 Å². The topological polar surface area (TPSA) is 52.0 Å². The lowest BCUT2D eigenvalue weighted by Gasteiger charge is -2.11. The molecule has 0 fully saturated rings. The maximum atomic E-state index is 13.2. The third kappa shape index (κ3) is 1.84. The molecule has 0 aliphatic rings. The first-order valence-electron chi connectivity index (χ1n) is 3.98. The number of nitrogens with two attached hydrogens (primary N) is 2. The van der Waals surface area contributed by atoms with Crippen molar-refractivity contribution in [2.75, 3.05) is 6.54 Å². The molecule has 0 amide bonds. The molecule has 1 unspecified atom stereocenters. The molecule has 2 nitrogen and oxygen atoms in total. The normalized spacial score (nSPS) is 13.0. The highest BCUT2D eigenvalue weighted by Gasteiger charge is 2.14. The lowest BCUT2D eigenvalue weighted by Crippen LogP contribution is -2.22. The average Bonchev–Trinajstić information content (AvgIpc) is 2.13. The van der Waals surface area contributed by atoms with Crippen molar-refractivity contribution in [2.24, 2.45) is 11.5 Å². The monoisotopic (exact) mass is 186 g/mol. The second kappa shape index (κ2) is 3.81. The molecule has 1 aromatic rings. The van der Waals surface area contributed by atoms with Crippen molar-refractivity contribution >= 4 is 0 Å². The molecule has 0 aliphatic carbocycles. The molecule has 0 saturated heterocycles. The summed E-state index contributed by atoms with van der Waals surface area (Å²) in [6.45, 7) is 1.59. The van der Waals surface area contributed by atoms with Gasteiger partial charge in [0.05, 0.1) is 0 Å². The van der Waals surface area contributed by atoms with Crippen LogP contribution in [0.4, 0.5) is 8.78 Å². The van der Waals surface area contributed by atoms with Crippen LogP contribution in [0.3, 0.4) is 0 Å². The Hall–Kier alpha value is -1.00. The summed E-state index contributed by atoms with van der Waals surface area (Å²) in [4.78, 5) is 0. The molecule has 0 heterocycles. The molecular formula is C9H12F2N2. The Bertz CT molecular complexity index is 313. The van der Waals surface area contributed by atoms with Crippen LogP contribution in [0.1, 0.15) is 17.2 Å². The summed E-state index contributed by atoms with van der Waals surface area (Å²) in [6, 6.07) is 2.31. The van der Waals surface area contributed by atoms with Crippen LogP contribution in [0.2, 0.25) is 0 Å². The highest BCUT2D eigenvalue weighted by molar-refractivity contribution is 5.27. The Morgan fingerprint density at radius 2 is 1.92 bits per heavy atom. The Labute approximate surface area is 75.5 Å². The van der Waals surface area contributed by atoms with Crippen LogP contribution in [0.25, 0.3) is 0 Å². The van der Waals surface area contributed by atoms with E-state index < -0.39 is 17.7 Å². The SMILES string of the molecule is Cc1ccc(C(N)CN)c(F)c1F. The summed E-state index contributed by atoms with van der Waals surface area (Å²) >= 11 is 0. The minimum Gasteiger partial charge on any atom is -0.329 e. The highest BCUT2D eigenvalue weighted by atomic mass is 19.2. The second-order valence-electron chi connectivity index (χ2n) is 2.94. The van der Waals surface area contributed by atoms with Gasteiger partial charge in [-0.1, -0.05) is 12.1 Å². The number of hydrogen-bond donors (Lipinski definition) is 2. The van der Waals surface area contributed by atoms with Crippen molar-refractivity contribution in [1.82, 2.24) is 0 Å². The second-order valence-corrected chi connectivity index (χ2v) is 2.94. The zero-order valence-corrected chi connectivity index (χ0v) is 7.35. The average molecular weight is 186 g/mol. The van der Waals surface area contributed by atoms with Crippen molar-refractivity contribution in [1.29, 1.82) is 0 Å². The molecule has 0 bridgehead atoms. The number of rotatable bonds is 2. The van der Waals surface area contributed by atoms with E-state index in [0.29, 0.717) is 0 Å². The summed E-state index contributed by atoms with van der Waals surface area (Å²) in [5, 5.41) is 0. The van der Waals surface area contributed by atoms with Gasteiger partial charge < -0.3 is 11.5 Å². The maximum Gasteiger partial charge on any atom is 0.163 e. The van der Waals surface area contributed by atoms with Gasteiger partial charge in [-0.3, -0.25) is 0 Å². The molecule has 72 valence electrons. The number of halogens is 2. The van der Waals surface area contributed by atoms with E-state index in [1.807, 2.05) is 0 Å². The zero-order chi connectivity index (χ0) is 10.0. The van der Waals surface area contributed by atoms with E-state index >= 15 is 0 Å². The molecule has 0 aromatic heterocycles. The molecule has 0 radical (unpaired) electrons. The number of aryl methyl sites for hydroxylation is 1. The van der Waals surface area contributed by atoms with E-state index in [1.54, 1.807) is 0 Å². The van der Waals surface area contributed by atoms with Crippen molar-refractivity contribution in [3.8, 4) is 0 Å². The Kier molecular flexibility index (Phi) is 2.95. The van der Waals surface area contributed by atoms with E-state index in [0.717, 1.165) is 0 Å². The fourth-order valence-corrected chi connectivity index (χ4v) is 1.07. The molecular weight excluding hydrogens is 174 g/mol. The molecule has 4 heteroatoms. The minimum absolute atomic E-state index is 0.0966. The maximum absolute atomic E-state index is 13.2. The molecule has 0 aliphatic heterocycles. The fourth-order valence-electron chi connectivity index (χ4n) is 1.07. The lowest BCUT2D eigenvalue weighted by molar-refractivity contribution is 0.484. The summed E-state index contributed by atoms with van der Waals surface area (Å²) in [6.07, 6.45) is 0. The molecule has 4 N–H and O–H groups in total. The quantitative estimate of drug-likeness (QED) is 0.729. The van der Waals surface area contributed by atoms with E-state index in [4.69, 9.17) is 11.5 Å². The van der Waals surface area contributed by atoms with Gasteiger partial charge >= 0.3 is 0 Å². The summed E-state index contributed by atoms with van der Waals surface area (Å²) in [5.74, 6) is -1.74. The molecule has 1 rings (SSSR count).